The lowest BCUT2D eigenvalue weighted by Crippen LogP contribution is -2.51. The summed E-state index contributed by atoms with van der Waals surface area (Å²) in [6.07, 6.45) is -3.72. The zero-order chi connectivity index (χ0) is 14.0. The lowest BCUT2D eigenvalue weighted by atomic mass is 10.1. The van der Waals surface area contributed by atoms with Crippen LogP contribution in [0, 0.1) is 0 Å². The van der Waals surface area contributed by atoms with Crippen molar-refractivity contribution >= 4 is 17.7 Å². The number of rotatable bonds is 3. The van der Waals surface area contributed by atoms with E-state index in [1.54, 1.807) is 18.2 Å². The van der Waals surface area contributed by atoms with Gasteiger partial charge in [-0.2, -0.15) is 0 Å². The van der Waals surface area contributed by atoms with E-state index in [4.69, 9.17) is 9.84 Å². The first-order valence-corrected chi connectivity index (χ1v) is 6.53. The quantitative estimate of drug-likeness (QED) is 0.615. The smallest absolute Gasteiger partial charge is 0.336 e. The molecule has 19 heavy (non-hydrogen) atoms. The summed E-state index contributed by atoms with van der Waals surface area (Å²) in [6, 6.07) is 6.33. The maximum atomic E-state index is 11.1. The van der Waals surface area contributed by atoms with Crippen LogP contribution in [-0.2, 0) is 4.74 Å². The number of carbonyl (C=O) groups is 1. The number of aromatic carboxylic acids is 1. The maximum absolute atomic E-state index is 11.1. The summed E-state index contributed by atoms with van der Waals surface area (Å²) in [5.41, 5.74) is -0.720. The minimum absolute atomic E-state index is 0.101. The summed E-state index contributed by atoms with van der Waals surface area (Å²) in [4.78, 5) is 11.5. The molecular weight excluding hydrogens is 272 g/mol. The Labute approximate surface area is 113 Å². The van der Waals surface area contributed by atoms with E-state index in [1.807, 2.05) is 0 Å². The molecule has 1 aliphatic heterocycles. The average molecular weight is 286 g/mol. The lowest BCUT2D eigenvalue weighted by Gasteiger charge is -2.34. The Bertz CT molecular complexity index is 465. The number of carboxylic acids is 1. The molecule has 0 saturated carbocycles. The van der Waals surface area contributed by atoms with E-state index >= 15 is 0 Å². The minimum Gasteiger partial charge on any atom is -0.478 e. The molecule has 1 saturated heterocycles. The first kappa shape index (κ1) is 14.3. The predicted octanol–water partition coefficient (Wildman–Crippen LogP) is -0.0841. The maximum Gasteiger partial charge on any atom is 0.336 e. The number of aliphatic hydroxyl groups is 3. The topological polar surface area (TPSA) is 107 Å². The fourth-order valence-corrected chi connectivity index (χ4v) is 2.89. The monoisotopic (exact) mass is 286 g/mol. The van der Waals surface area contributed by atoms with Crippen molar-refractivity contribution in [3.63, 3.8) is 0 Å². The molecule has 1 fully saturated rings. The van der Waals surface area contributed by atoms with Crippen LogP contribution >= 0.6 is 11.8 Å². The molecule has 1 heterocycles. The number of aliphatic hydroxyl groups excluding tert-OH is 3. The molecule has 0 bridgehead atoms. The van der Waals surface area contributed by atoms with Crippen LogP contribution in [0.3, 0.4) is 0 Å². The Morgan fingerprint density at radius 2 is 1.89 bits per heavy atom. The van der Waals surface area contributed by atoms with E-state index < -0.39 is 29.7 Å². The van der Waals surface area contributed by atoms with Crippen LogP contribution in [0.5, 0.6) is 0 Å². The molecule has 2 rings (SSSR count). The second-order valence-corrected chi connectivity index (χ2v) is 5.31. The van der Waals surface area contributed by atoms with Gasteiger partial charge in [-0.25, -0.2) is 4.79 Å². The Kier molecular flexibility index (Phi) is 4.43. The molecule has 7 heteroatoms. The van der Waals surface area contributed by atoms with Gasteiger partial charge in [0.05, 0.1) is 12.2 Å². The molecule has 0 radical (unpaired) electrons. The van der Waals surface area contributed by atoms with Gasteiger partial charge in [-0.3, -0.25) is 0 Å². The van der Waals surface area contributed by atoms with E-state index in [0.29, 0.717) is 4.90 Å². The van der Waals surface area contributed by atoms with Gasteiger partial charge in [0.2, 0.25) is 0 Å². The van der Waals surface area contributed by atoms with Crippen LogP contribution in [0.15, 0.2) is 29.2 Å². The SMILES string of the molecule is O=C(O)c1ccccc1S[C@@H]1OC[C@@H](O)[C@H](O)[C@H]1O. The summed E-state index contributed by atoms with van der Waals surface area (Å²) >= 11 is 1.01. The van der Waals surface area contributed by atoms with Crippen LogP contribution in [0.2, 0.25) is 0 Å². The number of hydrogen-bond donors (Lipinski definition) is 4. The van der Waals surface area contributed by atoms with E-state index in [2.05, 4.69) is 0 Å². The van der Waals surface area contributed by atoms with Crippen LogP contribution in [-0.4, -0.2) is 56.8 Å². The lowest BCUT2D eigenvalue weighted by molar-refractivity contribution is -0.161. The van der Waals surface area contributed by atoms with Gasteiger partial charge in [0.1, 0.15) is 23.7 Å². The van der Waals surface area contributed by atoms with E-state index in [1.165, 1.54) is 6.07 Å². The zero-order valence-electron chi connectivity index (χ0n) is 9.84. The molecule has 1 aromatic carbocycles. The molecule has 4 atom stereocenters. The molecule has 0 unspecified atom stereocenters. The van der Waals surface area contributed by atoms with Crippen LogP contribution in [0.1, 0.15) is 10.4 Å². The second-order valence-electron chi connectivity index (χ2n) is 4.17. The summed E-state index contributed by atoms with van der Waals surface area (Å²) < 4.78 is 5.22. The fourth-order valence-electron chi connectivity index (χ4n) is 1.75. The van der Waals surface area contributed by atoms with E-state index in [9.17, 15) is 20.1 Å². The molecular formula is C12H14O6S. The Morgan fingerprint density at radius 1 is 1.21 bits per heavy atom. The van der Waals surface area contributed by atoms with Crippen molar-refractivity contribution < 1.29 is 30.0 Å². The zero-order valence-corrected chi connectivity index (χ0v) is 10.7. The fraction of sp³-hybridized carbons (Fsp3) is 0.417. The van der Waals surface area contributed by atoms with Gasteiger partial charge in [-0.1, -0.05) is 23.9 Å². The third-order valence-electron chi connectivity index (χ3n) is 2.81. The number of carboxylic acid groups (broad SMARTS) is 1. The normalized spacial score (nSPS) is 31.1. The molecule has 4 N–H and O–H groups in total. The van der Waals surface area contributed by atoms with Gasteiger partial charge in [-0.05, 0) is 12.1 Å². The number of thioether (sulfide) groups is 1. The van der Waals surface area contributed by atoms with Gasteiger partial charge in [0, 0.05) is 4.90 Å². The van der Waals surface area contributed by atoms with E-state index in [-0.39, 0.29) is 12.2 Å². The van der Waals surface area contributed by atoms with Crippen molar-refractivity contribution in [1.82, 2.24) is 0 Å². The first-order valence-electron chi connectivity index (χ1n) is 5.65. The highest BCUT2D eigenvalue weighted by atomic mass is 32.2. The highest BCUT2D eigenvalue weighted by Crippen LogP contribution is 2.32. The van der Waals surface area contributed by atoms with Crippen molar-refractivity contribution in [3.05, 3.63) is 29.8 Å². The van der Waals surface area contributed by atoms with Gasteiger partial charge < -0.3 is 25.2 Å². The third-order valence-corrected chi connectivity index (χ3v) is 4.07. The van der Waals surface area contributed by atoms with Crippen molar-refractivity contribution in [2.24, 2.45) is 0 Å². The van der Waals surface area contributed by atoms with E-state index in [0.717, 1.165) is 11.8 Å². The first-order chi connectivity index (χ1) is 9.00. The van der Waals surface area contributed by atoms with Gasteiger partial charge >= 0.3 is 5.97 Å². The average Bonchev–Trinajstić information content (AvgIpc) is 2.40. The molecule has 104 valence electrons. The predicted molar refractivity (Wildman–Crippen MR) is 67.0 cm³/mol. The highest BCUT2D eigenvalue weighted by Gasteiger charge is 2.38. The Morgan fingerprint density at radius 3 is 2.58 bits per heavy atom. The van der Waals surface area contributed by atoms with Gasteiger partial charge in [-0.15, -0.1) is 0 Å². The number of ether oxygens (including phenoxy) is 1. The van der Waals surface area contributed by atoms with Crippen molar-refractivity contribution in [1.29, 1.82) is 0 Å². The molecule has 0 spiro atoms. The number of hydrogen-bond acceptors (Lipinski definition) is 6. The van der Waals surface area contributed by atoms with Crippen molar-refractivity contribution in [2.75, 3.05) is 6.61 Å². The number of benzene rings is 1. The largest absolute Gasteiger partial charge is 0.478 e. The van der Waals surface area contributed by atoms with Crippen LogP contribution in [0.4, 0.5) is 0 Å². The third kappa shape index (κ3) is 3.07. The van der Waals surface area contributed by atoms with Crippen LogP contribution in [0.25, 0.3) is 0 Å². The molecule has 1 aromatic rings. The van der Waals surface area contributed by atoms with Crippen molar-refractivity contribution in [3.8, 4) is 0 Å². The summed E-state index contributed by atoms with van der Waals surface area (Å²) in [5.74, 6) is -1.08. The second kappa shape index (κ2) is 5.89. The highest BCUT2D eigenvalue weighted by molar-refractivity contribution is 8.00. The Balaban J connectivity index is 2.15. The summed E-state index contributed by atoms with van der Waals surface area (Å²) in [6.45, 7) is -0.106. The van der Waals surface area contributed by atoms with Gasteiger partial charge in [0.15, 0.2) is 0 Å². The molecule has 0 aromatic heterocycles. The molecule has 0 amide bonds. The molecule has 6 nitrogen and oxygen atoms in total. The van der Waals surface area contributed by atoms with Crippen LogP contribution < -0.4 is 0 Å². The standard InChI is InChI=1S/C12H14O6S/c13-7-5-18-12(10(15)9(7)14)19-8-4-2-1-3-6(8)11(16)17/h1-4,7,9-10,12-15H,5H2,(H,16,17)/t7-,9+,10-,12+/m1/s1. The van der Waals surface area contributed by atoms with Gasteiger partial charge in [0.25, 0.3) is 0 Å². The summed E-state index contributed by atoms with van der Waals surface area (Å²) in [7, 11) is 0. The summed E-state index contributed by atoms with van der Waals surface area (Å²) in [5, 5.41) is 37.7. The molecule has 1 aliphatic rings. The van der Waals surface area contributed by atoms with Crippen molar-refractivity contribution in [2.45, 2.75) is 28.6 Å². The Hall–Kier alpha value is -1.12. The molecule has 0 aliphatic carbocycles. The minimum atomic E-state index is -1.30.